The molecule has 0 bridgehead atoms. The van der Waals surface area contributed by atoms with E-state index in [9.17, 15) is 17.6 Å². The van der Waals surface area contributed by atoms with Crippen LogP contribution in [-0.4, -0.2) is 108 Å². The fraction of sp³-hybridized carbons (Fsp3) is 0.478. The molecule has 8 nitrogen and oxygen atoms in total. The van der Waals surface area contributed by atoms with Crippen molar-refractivity contribution in [3.63, 3.8) is 0 Å². The van der Waals surface area contributed by atoms with Gasteiger partial charge in [-0.05, 0) is 67.7 Å². The number of hydrogen-bond donors (Lipinski definition) is 2. The Balaban J connectivity index is 0.00000408. The maximum absolute atomic E-state index is 14.5. The van der Waals surface area contributed by atoms with Crippen molar-refractivity contribution in [3.05, 3.63) is 41.8 Å². The van der Waals surface area contributed by atoms with Crippen LogP contribution >= 0.6 is 0 Å². The Morgan fingerprint density at radius 2 is 1.94 bits per heavy atom. The minimum Gasteiger partial charge on any atom is -0.481 e. The summed E-state index contributed by atoms with van der Waals surface area (Å²) in [6.07, 6.45) is 2.45. The van der Waals surface area contributed by atoms with Crippen LogP contribution < -0.4 is 14.8 Å². The van der Waals surface area contributed by atoms with E-state index >= 15 is 0 Å². The van der Waals surface area contributed by atoms with E-state index in [1.165, 1.54) is 25.4 Å². The second-order valence-corrected chi connectivity index (χ2v) is 10.4. The van der Waals surface area contributed by atoms with Crippen LogP contribution in [0.15, 0.2) is 30.5 Å². The van der Waals surface area contributed by atoms with E-state index in [1.807, 2.05) is 20.8 Å². The Morgan fingerprint density at radius 3 is 2.53 bits per heavy atom. The van der Waals surface area contributed by atoms with Crippen LogP contribution in [0.2, 0.25) is 0 Å². The number of benzene rings is 1. The fourth-order valence-corrected chi connectivity index (χ4v) is 5.33. The molecule has 2 amide bonds. The summed E-state index contributed by atoms with van der Waals surface area (Å²) in [4.78, 5) is 19.1. The van der Waals surface area contributed by atoms with Gasteiger partial charge in [0, 0.05) is 69.2 Å². The summed E-state index contributed by atoms with van der Waals surface area (Å²) in [5.41, 5.74) is 1.87. The van der Waals surface area contributed by atoms with Crippen molar-refractivity contribution in [1.29, 1.82) is 0 Å². The van der Waals surface area contributed by atoms with E-state index in [-0.39, 0.29) is 57.3 Å². The quantitative estimate of drug-likeness (QED) is 0.545. The third-order valence-corrected chi connectivity index (χ3v) is 7.72. The van der Waals surface area contributed by atoms with Gasteiger partial charge in [0.25, 0.3) is 0 Å². The van der Waals surface area contributed by atoms with E-state index in [1.54, 1.807) is 12.1 Å². The third kappa shape index (κ3) is 7.22. The van der Waals surface area contributed by atoms with Gasteiger partial charge in [0.2, 0.25) is 15.9 Å². The SMILES string of the molecule is CCN1CCC(S(=O)(=O)NC(=O)Nc2c(-c3ccnc(OC)c3)cc(F)cc2C(C)C)CC1.[K]. The average molecular weight is 518 g/mol. The molecule has 1 fully saturated rings. The minimum absolute atomic E-state index is 0. The molecule has 3 rings (SSSR count). The summed E-state index contributed by atoms with van der Waals surface area (Å²) in [6.45, 7) is 7.98. The first-order chi connectivity index (χ1) is 15.6. The maximum atomic E-state index is 14.5. The van der Waals surface area contributed by atoms with Crippen molar-refractivity contribution in [1.82, 2.24) is 14.6 Å². The van der Waals surface area contributed by atoms with Gasteiger partial charge in [0.1, 0.15) is 5.82 Å². The molecule has 1 aromatic carbocycles. The molecule has 2 aromatic rings. The number of rotatable bonds is 7. The van der Waals surface area contributed by atoms with Crippen LogP contribution in [0.4, 0.5) is 14.9 Å². The standard InChI is InChI=1S/C23H31FN4O4S.K/c1-5-28-10-7-18(8-11-28)33(30,31)27-23(29)26-22-19(15(2)3)13-17(24)14-20(22)16-6-9-25-21(12-16)32-4;/h6,9,12-15,18H,5,7-8,10-11H2,1-4H3,(H2,26,27,29);. The number of carbonyl (C=O) groups excluding carboxylic acids is 1. The van der Waals surface area contributed by atoms with Gasteiger partial charge in [0.15, 0.2) is 0 Å². The normalized spacial score (nSPS) is 15.0. The van der Waals surface area contributed by atoms with Crippen LogP contribution in [0.3, 0.4) is 0 Å². The third-order valence-electron chi connectivity index (χ3n) is 5.90. The Morgan fingerprint density at radius 1 is 1.26 bits per heavy atom. The van der Waals surface area contributed by atoms with E-state index in [0.717, 1.165) is 6.54 Å². The molecule has 0 atom stereocenters. The number of pyridine rings is 1. The second-order valence-electron chi connectivity index (χ2n) is 8.39. The molecule has 1 aromatic heterocycles. The first-order valence-electron chi connectivity index (χ1n) is 11.0. The van der Waals surface area contributed by atoms with Crippen molar-refractivity contribution >= 4 is 73.1 Å². The summed E-state index contributed by atoms with van der Waals surface area (Å²) in [6, 6.07) is 5.06. The number of amides is 2. The van der Waals surface area contributed by atoms with Crippen LogP contribution in [0.5, 0.6) is 5.88 Å². The zero-order valence-corrected chi connectivity index (χ0v) is 24.3. The van der Waals surface area contributed by atoms with E-state index in [4.69, 9.17) is 4.74 Å². The van der Waals surface area contributed by atoms with Crippen LogP contribution in [0.25, 0.3) is 11.1 Å². The van der Waals surface area contributed by atoms with Gasteiger partial charge >= 0.3 is 6.03 Å². The number of likely N-dealkylation sites (tertiary alicyclic amines) is 1. The Hall–Kier alpha value is -1.08. The van der Waals surface area contributed by atoms with Gasteiger partial charge < -0.3 is 15.0 Å². The van der Waals surface area contributed by atoms with Gasteiger partial charge in [-0.15, -0.1) is 0 Å². The van der Waals surface area contributed by atoms with Crippen molar-refractivity contribution in [2.75, 3.05) is 32.1 Å². The number of sulfonamides is 1. The smallest absolute Gasteiger partial charge is 0.332 e. The Kier molecular flexibility index (Phi) is 10.9. The molecule has 1 aliphatic heterocycles. The van der Waals surface area contributed by atoms with Crippen molar-refractivity contribution in [2.45, 2.75) is 44.8 Å². The molecule has 34 heavy (non-hydrogen) atoms. The molecule has 11 heteroatoms. The largest absolute Gasteiger partial charge is 0.481 e. The van der Waals surface area contributed by atoms with Crippen molar-refractivity contribution in [2.24, 2.45) is 0 Å². The molecule has 0 saturated carbocycles. The van der Waals surface area contributed by atoms with E-state index in [0.29, 0.717) is 54.2 Å². The number of hydrogen-bond acceptors (Lipinski definition) is 6. The number of ether oxygens (including phenoxy) is 1. The predicted molar refractivity (Wildman–Crippen MR) is 132 cm³/mol. The summed E-state index contributed by atoms with van der Waals surface area (Å²) in [5, 5.41) is 2.04. The summed E-state index contributed by atoms with van der Waals surface area (Å²) in [7, 11) is -2.38. The van der Waals surface area contributed by atoms with Gasteiger partial charge in [-0.3, -0.25) is 0 Å². The molecule has 1 radical (unpaired) electrons. The summed E-state index contributed by atoms with van der Waals surface area (Å²) in [5.74, 6) is -0.265. The number of nitrogens with one attached hydrogen (secondary N) is 2. The van der Waals surface area contributed by atoms with E-state index in [2.05, 4.69) is 19.9 Å². The number of aromatic nitrogens is 1. The van der Waals surface area contributed by atoms with Gasteiger partial charge in [-0.25, -0.2) is 27.3 Å². The van der Waals surface area contributed by atoms with Gasteiger partial charge in [-0.1, -0.05) is 20.8 Å². The van der Waals surface area contributed by atoms with E-state index < -0.39 is 27.1 Å². The Bertz CT molecular complexity index is 1110. The number of piperidine rings is 1. The average Bonchev–Trinajstić information content (AvgIpc) is 2.79. The van der Waals surface area contributed by atoms with Gasteiger partial charge in [-0.2, -0.15) is 0 Å². The molecule has 2 heterocycles. The minimum atomic E-state index is -3.86. The summed E-state index contributed by atoms with van der Waals surface area (Å²) >= 11 is 0. The van der Waals surface area contributed by atoms with Crippen LogP contribution in [-0.2, 0) is 10.0 Å². The molecule has 1 aliphatic rings. The number of nitrogens with zero attached hydrogens (tertiary/aromatic N) is 2. The maximum Gasteiger partial charge on any atom is 0.332 e. The molecule has 0 unspecified atom stereocenters. The molecule has 0 aliphatic carbocycles. The number of anilines is 1. The molecule has 2 N–H and O–H groups in total. The zero-order chi connectivity index (χ0) is 24.2. The number of carbonyl (C=O) groups is 1. The van der Waals surface area contributed by atoms with Gasteiger partial charge in [0.05, 0.1) is 18.0 Å². The van der Waals surface area contributed by atoms with Crippen molar-refractivity contribution in [3.8, 4) is 17.0 Å². The molecular weight excluding hydrogens is 486 g/mol. The summed E-state index contributed by atoms with van der Waals surface area (Å²) < 4.78 is 47.4. The monoisotopic (exact) mass is 517 g/mol. The number of urea groups is 1. The first-order valence-corrected chi connectivity index (χ1v) is 12.6. The van der Waals surface area contributed by atoms with Crippen molar-refractivity contribution < 1.29 is 22.3 Å². The number of halogens is 1. The molecule has 1 saturated heterocycles. The molecule has 0 spiro atoms. The predicted octanol–water partition coefficient (Wildman–Crippen LogP) is 3.57. The van der Waals surface area contributed by atoms with Crippen LogP contribution in [0.1, 0.15) is 45.1 Å². The second kappa shape index (κ2) is 12.7. The van der Waals surface area contributed by atoms with Crippen LogP contribution in [0, 0.1) is 5.82 Å². The molecular formula is C23H31FKN4O4S. The Labute approximate surface area is 243 Å². The topological polar surface area (TPSA) is 101 Å². The zero-order valence-electron chi connectivity index (χ0n) is 20.4. The number of methoxy groups -OCH3 is 1. The molecule has 181 valence electrons. The fourth-order valence-electron chi connectivity index (χ4n) is 4.03. The first kappa shape index (κ1) is 29.1.